The molecule has 5 heteroatoms. The lowest BCUT2D eigenvalue weighted by Gasteiger charge is -2.27. The largest absolute Gasteiger partial charge is 0.366 e. The molecule has 1 fully saturated rings. The van der Waals surface area contributed by atoms with Crippen LogP contribution in [0.1, 0.15) is 0 Å². The van der Waals surface area contributed by atoms with Crippen molar-refractivity contribution >= 4 is 21.6 Å². The van der Waals surface area contributed by atoms with Crippen LogP contribution in [-0.4, -0.2) is 36.0 Å². The minimum Gasteiger partial charge on any atom is -0.366 e. The first-order chi connectivity index (χ1) is 8.83. The van der Waals surface area contributed by atoms with Gasteiger partial charge in [-0.1, -0.05) is 22.0 Å². The van der Waals surface area contributed by atoms with Gasteiger partial charge >= 0.3 is 0 Å². The van der Waals surface area contributed by atoms with Crippen LogP contribution in [0.3, 0.4) is 0 Å². The van der Waals surface area contributed by atoms with E-state index in [2.05, 4.69) is 49.6 Å². The Hall–Kier alpha value is -1.33. The van der Waals surface area contributed by atoms with E-state index in [1.165, 1.54) is 5.69 Å². The number of hydrogen-bond acceptors (Lipinski definition) is 3. The molecule has 0 bridgehead atoms. The summed E-state index contributed by atoms with van der Waals surface area (Å²) in [5.41, 5.74) is 2.27. The van der Waals surface area contributed by atoms with Gasteiger partial charge in [-0.15, -0.1) is 0 Å². The van der Waals surface area contributed by atoms with Crippen LogP contribution in [0.4, 0.5) is 5.69 Å². The number of hydrogen-bond donors (Lipinski definition) is 1. The van der Waals surface area contributed by atoms with Crippen molar-refractivity contribution in [3.8, 4) is 5.69 Å². The summed E-state index contributed by atoms with van der Waals surface area (Å²) in [4.78, 5) is 2.36. The van der Waals surface area contributed by atoms with Gasteiger partial charge in [-0.3, -0.25) is 0 Å². The van der Waals surface area contributed by atoms with Crippen LogP contribution in [0.25, 0.3) is 5.69 Å². The number of aromatic nitrogens is 2. The van der Waals surface area contributed by atoms with Gasteiger partial charge in [0.05, 0.1) is 23.8 Å². The summed E-state index contributed by atoms with van der Waals surface area (Å²) in [7, 11) is 0. The molecule has 2 heterocycles. The van der Waals surface area contributed by atoms with Crippen molar-refractivity contribution in [1.29, 1.82) is 0 Å². The molecular formula is C13H15BrN4. The zero-order chi connectivity index (χ0) is 12.4. The zero-order valence-corrected chi connectivity index (χ0v) is 11.6. The van der Waals surface area contributed by atoms with Crippen molar-refractivity contribution in [3.63, 3.8) is 0 Å². The summed E-state index contributed by atoms with van der Waals surface area (Å²) in [6.07, 6.45) is 4.03. The Morgan fingerprint density at radius 2 is 2.00 bits per heavy atom. The maximum Gasteiger partial charge on any atom is 0.0758 e. The number of anilines is 1. The van der Waals surface area contributed by atoms with E-state index in [-0.39, 0.29) is 0 Å². The molecule has 1 aromatic carbocycles. The van der Waals surface area contributed by atoms with Crippen LogP contribution in [-0.2, 0) is 0 Å². The lowest BCUT2D eigenvalue weighted by atomic mass is 10.3. The maximum absolute atomic E-state index is 4.44. The highest BCUT2D eigenvalue weighted by molar-refractivity contribution is 9.10. The van der Waals surface area contributed by atoms with Gasteiger partial charge in [0.1, 0.15) is 0 Å². The van der Waals surface area contributed by atoms with Crippen LogP contribution >= 0.6 is 15.9 Å². The average Bonchev–Trinajstić information content (AvgIpc) is 2.89. The van der Waals surface area contributed by atoms with Gasteiger partial charge < -0.3 is 10.2 Å². The van der Waals surface area contributed by atoms with Gasteiger partial charge in [0.25, 0.3) is 0 Å². The molecular weight excluding hydrogens is 292 g/mol. The smallest absolute Gasteiger partial charge is 0.0758 e. The third kappa shape index (κ3) is 2.42. The first-order valence-corrected chi connectivity index (χ1v) is 6.88. The Balaban J connectivity index is 1.84. The summed E-state index contributed by atoms with van der Waals surface area (Å²) >= 11 is 3.48. The normalized spacial score (nSPS) is 15.9. The van der Waals surface area contributed by atoms with E-state index in [0.29, 0.717) is 0 Å². The van der Waals surface area contributed by atoms with Crippen molar-refractivity contribution in [1.82, 2.24) is 15.1 Å². The van der Waals surface area contributed by atoms with E-state index >= 15 is 0 Å². The van der Waals surface area contributed by atoms with Crippen LogP contribution in [0.15, 0.2) is 41.1 Å². The molecule has 18 heavy (non-hydrogen) atoms. The van der Waals surface area contributed by atoms with Crippen molar-refractivity contribution in [3.05, 3.63) is 41.1 Å². The van der Waals surface area contributed by atoms with Gasteiger partial charge in [0.15, 0.2) is 0 Å². The van der Waals surface area contributed by atoms with Crippen molar-refractivity contribution in [2.45, 2.75) is 0 Å². The van der Waals surface area contributed by atoms with Gasteiger partial charge in [-0.25, -0.2) is 4.68 Å². The third-order valence-corrected chi connectivity index (χ3v) is 3.62. The summed E-state index contributed by atoms with van der Waals surface area (Å²) in [6.45, 7) is 4.18. The van der Waals surface area contributed by atoms with Gasteiger partial charge in [0, 0.05) is 30.7 Å². The molecule has 1 saturated heterocycles. The first kappa shape index (κ1) is 11.7. The number of piperazine rings is 1. The van der Waals surface area contributed by atoms with Crippen molar-refractivity contribution in [2.24, 2.45) is 0 Å². The highest BCUT2D eigenvalue weighted by atomic mass is 79.9. The van der Waals surface area contributed by atoms with Gasteiger partial charge in [-0.2, -0.15) is 5.10 Å². The molecule has 0 amide bonds. The molecule has 1 N–H and O–H groups in total. The molecule has 1 aliphatic heterocycles. The Morgan fingerprint density at radius 3 is 2.78 bits per heavy atom. The number of halogens is 1. The molecule has 1 aliphatic rings. The number of rotatable bonds is 2. The molecule has 3 rings (SSSR count). The van der Waals surface area contributed by atoms with Crippen LogP contribution in [0.5, 0.6) is 0 Å². The number of nitrogens with one attached hydrogen (secondary N) is 1. The van der Waals surface area contributed by atoms with E-state index in [0.717, 1.165) is 36.3 Å². The highest BCUT2D eigenvalue weighted by Gasteiger charge is 2.12. The quantitative estimate of drug-likeness (QED) is 0.922. The van der Waals surface area contributed by atoms with Crippen molar-refractivity contribution < 1.29 is 0 Å². The SMILES string of the molecule is Brc1cccc(-n2cc(N3CCNCC3)cn2)c1. The fourth-order valence-corrected chi connectivity index (χ4v) is 2.55. The fourth-order valence-electron chi connectivity index (χ4n) is 2.16. The van der Waals surface area contributed by atoms with E-state index in [9.17, 15) is 0 Å². The molecule has 0 radical (unpaired) electrons. The molecule has 0 unspecified atom stereocenters. The molecule has 0 saturated carbocycles. The molecule has 0 spiro atoms. The Kier molecular flexibility index (Phi) is 3.34. The second kappa shape index (κ2) is 5.12. The van der Waals surface area contributed by atoms with Crippen LogP contribution in [0, 0.1) is 0 Å². The predicted molar refractivity (Wildman–Crippen MR) is 76.3 cm³/mol. The van der Waals surface area contributed by atoms with E-state index in [1.807, 2.05) is 23.0 Å². The standard InChI is InChI=1S/C13H15BrN4/c14-11-2-1-3-12(8-11)18-10-13(9-16-18)17-6-4-15-5-7-17/h1-3,8-10,15H,4-7H2. The molecule has 94 valence electrons. The minimum absolute atomic E-state index is 1.04. The monoisotopic (exact) mass is 306 g/mol. The molecule has 2 aromatic rings. The third-order valence-electron chi connectivity index (χ3n) is 3.12. The Labute approximate surface area is 115 Å². The average molecular weight is 307 g/mol. The Morgan fingerprint density at radius 1 is 1.17 bits per heavy atom. The topological polar surface area (TPSA) is 33.1 Å². The summed E-state index contributed by atoms with van der Waals surface area (Å²) in [5.74, 6) is 0. The fraction of sp³-hybridized carbons (Fsp3) is 0.308. The van der Waals surface area contributed by atoms with E-state index < -0.39 is 0 Å². The number of benzene rings is 1. The molecule has 0 aliphatic carbocycles. The minimum atomic E-state index is 1.04. The zero-order valence-electron chi connectivity index (χ0n) is 10.0. The summed E-state index contributed by atoms with van der Waals surface area (Å²) < 4.78 is 2.99. The Bertz CT molecular complexity index is 531. The number of nitrogens with zero attached hydrogens (tertiary/aromatic N) is 3. The van der Waals surface area contributed by atoms with E-state index in [1.54, 1.807) is 0 Å². The highest BCUT2D eigenvalue weighted by Crippen LogP contribution is 2.19. The molecule has 0 atom stereocenters. The van der Waals surface area contributed by atoms with Gasteiger partial charge in [0.2, 0.25) is 0 Å². The summed E-state index contributed by atoms with van der Waals surface area (Å²) in [5, 5.41) is 7.79. The second-order valence-corrected chi connectivity index (χ2v) is 5.28. The second-order valence-electron chi connectivity index (χ2n) is 4.36. The first-order valence-electron chi connectivity index (χ1n) is 6.09. The van der Waals surface area contributed by atoms with Crippen LogP contribution in [0.2, 0.25) is 0 Å². The van der Waals surface area contributed by atoms with Gasteiger partial charge in [-0.05, 0) is 18.2 Å². The molecule has 1 aromatic heterocycles. The maximum atomic E-state index is 4.44. The predicted octanol–water partition coefficient (Wildman–Crippen LogP) is 2.04. The molecule has 4 nitrogen and oxygen atoms in total. The van der Waals surface area contributed by atoms with Crippen molar-refractivity contribution in [2.75, 3.05) is 31.1 Å². The lowest BCUT2D eigenvalue weighted by Crippen LogP contribution is -2.43. The van der Waals surface area contributed by atoms with Crippen LogP contribution < -0.4 is 10.2 Å². The lowest BCUT2D eigenvalue weighted by molar-refractivity contribution is 0.589. The van der Waals surface area contributed by atoms with E-state index in [4.69, 9.17) is 0 Å². The summed E-state index contributed by atoms with van der Waals surface area (Å²) in [6, 6.07) is 8.16.